The Labute approximate surface area is 240 Å². The largest absolute Gasteiger partial charge is 0.482 e. The van der Waals surface area contributed by atoms with E-state index in [1.165, 1.54) is 23.1 Å². The van der Waals surface area contributed by atoms with Crippen molar-refractivity contribution in [1.82, 2.24) is 9.80 Å². The highest BCUT2D eigenvalue weighted by Crippen LogP contribution is 2.47. The van der Waals surface area contributed by atoms with Gasteiger partial charge in [0.05, 0.1) is 17.3 Å². The third-order valence-electron chi connectivity index (χ3n) is 7.37. The number of nitriles is 1. The van der Waals surface area contributed by atoms with Crippen molar-refractivity contribution in [2.45, 2.75) is 18.0 Å². The van der Waals surface area contributed by atoms with Gasteiger partial charge in [0, 0.05) is 42.6 Å². The van der Waals surface area contributed by atoms with Crippen molar-refractivity contribution >= 4 is 46.8 Å². The Balaban J connectivity index is 1.49. The first kappa shape index (κ1) is 27.5. The molecule has 0 bridgehead atoms. The van der Waals surface area contributed by atoms with Gasteiger partial charge in [-0.25, -0.2) is 14.5 Å². The number of benzene rings is 3. The van der Waals surface area contributed by atoms with Gasteiger partial charge in [0.15, 0.2) is 6.61 Å². The summed E-state index contributed by atoms with van der Waals surface area (Å²) in [6.45, 7) is 0.778. The van der Waals surface area contributed by atoms with Gasteiger partial charge in [-0.1, -0.05) is 47.5 Å². The number of hydrogen-bond donors (Lipinski definition) is 1. The lowest BCUT2D eigenvalue weighted by Crippen LogP contribution is -2.53. The highest BCUT2D eigenvalue weighted by molar-refractivity contribution is 6.35. The van der Waals surface area contributed by atoms with Crippen LogP contribution >= 0.6 is 23.2 Å². The summed E-state index contributed by atoms with van der Waals surface area (Å²) in [5.41, 5.74) is 1.33. The number of likely N-dealkylation sites (tertiary alicyclic amines) is 1. The number of aliphatic carboxylic acids is 1. The minimum atomic E-state index is -1.22. The number of carbonyl (C=O) groups is 3. The predicted molar refractivity (Wildman–Crippen MR) is 149 cm³/mol. The second kappa shape index (κ2) is 10.8. The van der Waals surface area contributed by atoms with Gasteiger partial charge in [0.25, 0.3) is 5.91 Å². The van der Waals surface area contributed by atoms with Crippen LogP contribution in [0.3, 0.4) is 0 Å². The van der Waals surface area contributed by atoms with Crippen LogP contribution in [0.25, 0.3) is 0 Å². The summed E-state index contributed by atoms with van der Waals surface area (Å²) in [7, 11) is 1.63. The molecular formula is C29H24Cl2N4O5. The van der Waals surface area contributed by atoms with Crippen molar-refractivity contribution < 1.29 is 24.2 Å². The monoisotopic (exact) mass is 578 g/mol. The van der Waals surface area contributed by atoms with E-state index in [0.29, 0.717) is 40.1 Å². The number of carboxylic acid groups (broad SMARTS) is 1. The van der Waals surface area contributed by atoms with Gasteiger partial charge in [-0.2, -0.15) is 5.26 Å². The zero-order valence-electron chi connectivity index (χ0n) is 21.4. The molecule has 2 fully saturated rings. The Morgan fingerprint density at radius 3 is 2.33 bits per heavy atom. The maximum absolute atomic E-state index is 14.3. The molecule has 2 aliphatic rings. The quantitative estimate of drug-likeness (QED) is 0.402. The third-order valence-corrected chi connectivity index (χ3v) is 7.81. The smallest absolute Gasteiger partial charge is 0.341 e. The first-order chi connectivity index (χ1) is 19.1. The van der Waals surface area contributed by atoms with Crippen molar-refractivity contribution in [2.75, 3.05) is 31.6 Å². The minimum absolute atomic E-state index is 0.265. The number of hydrogen-bond acceptors (Lipinski definition) is 6. The molecule has 5 rings (SSSR count). The minimum Gasteiger partial charge on any atom is -0.482 e. The number of carbonyl (C=O) groups excluding carboxylic acids is 2. The molecule has 0 radical (unpaired) electrons. The van der Waals surface area contributed by atoms with Crippen LogP contribution in [0.4, 0.5) is 10.5 Å². The van der Waals surface area contributed by atoms with Gasteiger partial charge in [0.1, 0.15) is 11.3 Å². The van der Waals surface area contributed by atoms with Crippen molar-refractivity contribution in [1.29, 1.82) is 5.26 Å². The molecule has 0 aliphatic carbocycles. The van der Waals surface area contributed by atoms with E-state index in [0.717, 1.165) is 16.0 Å². The molecule has 3 amide bonds. The van der Waals surface area contributed by atoms with Crippen molar-refractivity contribution in [2.24, 2.45) is 0 Å². The molecule has 3 aromatic rings. The summed E-state index contributed by atoms with van der Waals surface area (Å²) in [6, 6.07) is 20.4. The Kier molecular flexibility index (Phi) is 7.43. The molecule has 0 unspecified atom stereocenters. The topological polar surface area (TPSA) is 114 Å². The maximum Gasteiger partial charge on any atom is 0.341 e. The number of amides is 3. The van der Waals surface area contributed by atoms with Crippen LogP contribution in [0.5, 0.6) is 5.75 Å². The molecule has 1 spiro atoms. The summed E-state index contributed by atoms with van der Waals surface area (Å²) in [4.78, 5) is 43.4. The summed E-state index contributed by atoms with van der Waals surface area (Å²) >= 11 is 12.4. The number of nitrogens with zero attached hydrogens (tertiary/aromatic N) is 4. The Bertz CT molecular complexity index is 1500. The molecular weight excluding hydrogens is 555 g/mol. The zero-order chi connectivity index (χ0) is 28.6. The second-order valence-electron chi connectivity index (χ2n) is 9.82. The number of imide groups is 1. The van der Waals surface area contributed by atoms with Crippen LogP contribution in [-0.4, -0.2) is 65.1 Å². The van der Waals surface area contributed by atoms with E-state index in [1.807, 2.05) is 24.3 Å². The average molecular weight is 579 g/mol. The lowest BCUT2D eigenvalue weighted by Gasteiger charge is -2.34. The molecule has 2 aliphatic heterocycles. The van der Waals surface area contributed by atoms with Crippen molar-refractivity contribution in [3.63, 3.8) is 0 Å². The Hall–Kier alpha value is -4.10. The van der Waals surface area contributed by atoms with Gasteiger partial charge in [0.2, 0.25) is 0 Å². The number of rotatable bonds is 7. The van der Waals surface area contributed by atoms with E-state index in [2.05, 4.69) is 11.0 Å². The van der Waals surface area contributed by atoms with E-state index in [1.54, 1.807) is 31.3 Å². The Morgan fingerprint density at radius 1 is 1.07 bits per heavy atom. The van der Waals surface area contributed by atoms with E-state index in [4.69, 9.17) is 33.0 Å². The Morgan fingerprint density at radius 2 is 1.73 bits per heavy atom. The molecule has 9 nitrogen and oxygen atoms in total. The van der Waals surface area contributed by atoms with Gasteiger partial charge >= 0.3 is 12.0 Å². The number of urea groups is 1. The van der Waals surface area contributed by atoms with Crippen molar-refractivity contribution in [3.05, 3.63) is 93.5 Å². The van der Waals surface area contributed by atoms with E-state index < -0.39 is 24.1 Å². The first-order valence-corrected chi connectivity index (χ1v) is 13.1. The second-order valence-corrected chi connectivity index (χ2v) is 10.7. The average Bonchev–Trinajstić information content (AvgIpc) is 3.39. The fourth-order valence-electron chi connectivity index (χ4n) is 5.51. The van der Waals surface area contributed by atoms with Crippen LogP contribution < -0.4 is 9.64 Å². The molecule has 1 N–H and O–H groups in total. The highest BCUT2D eigenvalue weighted by atomic mass is 35.5. The van der Waals surface area contributed by atoms with E-state index in [9.17, 15) is 19.6 Å². The molecule has 204 valence electrons. The lowest BCUT2D eigenvalue weighted by atomic mass is 9.80. The maximum atomic E-state index is 14.3. The van der Waals surface area contributed by atoms with Gasteiger partial charge in [-0.15, -0.1) is 0 Å². The number of ether oxygens (including phenoxy) is 1. The molecule has 40 heavy (non-hydrogen) atoms. The lowest BCUT2D eigenvalue weighted by molar-refractivity contribution is -0.139. The first-order valence-electron chi connectivity index (χ1n) is 12.4. The molecule has 3 aromatic carbocycles. The highest BCUT2D eigenvalue weighted by Gasteiger charge is 2.64. The number of carboxylic acids is 1. The summed E-state index contributed by atoms with van der Waals surface area (Å²) in [5, 5.41) is 18.7. The van der Waals surface area contributed by atoms with Crippen LogP contribution in [-0.2, 0) is 16.1 Å². The molecule has 0 aromatic heterocycles. The van der Waals surface area contributed by atoms with E-state index in [-0.39, 0.29) is 18.4 Å². The molecule has 2 saturated heterocycles. The zero-order valence-corrected chi connectivity index (χ0v) is 22.9. The van der Waals surface area contributed by atoms with Crippen LogP contribution in [0.1, 0.15) is 22.6 Å². The normalized spacial score (nSPS) is 20.8. The van der Waals surface area contributed by atoms with Crippen LogP contribution in [0.15, 0.2) is 66.7 Å². The summed E-state index contributed by atoms with van der Waals surface area (Å²) < 4.78 is 5.22. The summed E-state index contributed by atoms with van der Waals surface area (Å²) in [6.07, 6.45) is 0. The SMILES string of the molecule is CN1C(=O)N(c2cc(Cl)cc(Cl)c2)C(=O)[C@]12CN(Cc1ccc(OCC(=O)O)cc1)C[C@@H]2c1ccc(C#N)cc1. The predicted octanol–water partition coefficient (Wildman–Crippen LogP) is 4.77. The third kappa shape index (κ3) is 4.97. The fourth-order valence-corrected chi connectivity index (χ4v) is 6.02. The van der Waals surface area contributed by atoms with Gasteiger partial charge < -0.3 is 14.7 Å². The standard InChI is InChI=1S/C29H24Cl2N4O5/c1-33-28(39)35(23-11-21(30)10-22(31)12-23)27(38)29(33)17-34(15-25(29)20-6-2-18(13-32)3-7-20)14-19-4-8-24(9-5-19)40-16-26(36)37/h2-12,25H,14-17H2,1H3,(H,36,37)/t25-,29-/m1/s1. The van der Waals surface area contributed by atoms with Crippen molar-refractivity contribution in [3.8, 4) is 11.8 Å². The van der Waals surface area contributed by atoms with Crippen LogP contribution in [0, 0.1) is 11.3 Å². The molecule has 11 heteroatoms. The van der Waals surface area contributed by atoms with Crippen LogP contribution in [0.2, 0.25) is 10.0 Å². The summed E-state index contributed by atoms with van der Waals surface area (Å²) in [5.74, 6) is -1.40. The molecule has 2 heterocycles. The number of anilines is 1. The van der Waals surface area contributed by atoms with Gasteiger partial charge in [-0.3, -0.25) is 9.69 Å². The number of likely N-dealkylation sites (N-methyl/N-ethyl adjacent to an activating group) is 1. The number of halogens is 2. The van der Waals surface area contributed by atoms with Gasteiger partial charge in [-0.05, 0) is 53.6 Å². The molecule has 2 atom stereocenters. The molecule has 0 saturated carbocycles. The fraction of sp³-hybridized carbons (Fsp3) is 0.241. The van der Waals surface area contributed by atoms with E-state index >= 15 is 0 Å².